The van der Waals surface area contributed by atoms with Crippen LogP contribution in [-0.4, -0.2) is 16.0 Å². The summed E-state index contributed by atoms with van der Waals surface area (Å²) in [4.78, 5) is 17.5. The summed E-state index contributed by atoms with van der Waals surface area (Å²) in [5, 5.41) is 8.89. The zero-order chi connectivity index (χ0) is 16.9. The van der Waals surface area contributed by atoms with Crippen LogP contribution < -0.4 is 10.6 Å². The zero-order valence-electron chi connectivity index (χ0n) is 12.9. The van der Waals surface area contributed by atoms with Gasteiger partial charge in [0.15, 0.2) is 5.11 Å². The van der Waals surface area contributed by atoms with Crippen LogP contribution >= 0.6 is 23.6 Å². The number of aryl methyl sites for hydroxylation is 1. The fraction of sp³-hybridized carbons (Fsp3) is 0.0556. The predicted octanol–water partition coefficient (Wildman–Crippen LogP) is 4.13. The van der Waals surface area contributed by atoms with Crippen molar-refractivity contribution in [1.29, 1.82) is 0 Å². The number of hydrogen-bond acceptors (Lipinski definition) is 4. The third-order valence-corrected chi connectivity index (χ3v) is 4.33. The van der Waals surface area contributed by atoms with Gasteiger partial charge in [0.1, 0.15) is 0 Å². The molecule has 4 nitrogen and oxygen atoms in total. The molecule has 0 atom stereocenters. The van der Waals surface area contributed by atoms with E-state index in [-0.39, 0.29) is 11.0 Å². The Morgan fingerprint density at radius 3 is 2.88 bits per heavy atom. The molecule has 1 amide bonds. The van der Waals surface area contributed by atoms with E-state index in [0.717, 1.165) is 27.2 Å². The molecule has 0 radical (unpaired) electrons. The number of benzene rings is 1. The minimum absolute atomic E-state index is 0.242. The smallest absolute Gasteiger partial charge is 0.250 e. The number of thiophene rings is 1. The second kappa shape index (κ2) is 7.33. The number of carbonyl (C=O) groups excluding carboxylic acids is 1. The molecule has 3 aromatic rings. The van der Waals surface area contributed by atoms with Crippen LogP contribution in [0.1, 0.15) is 10.6 Å². The van der Waals surface area contributed by atoms with Crippen LogP contribution in [0.25, 0.3) is 17.0 Å². The largest absolute Gasteiger partial charge is 0.331 e. The first kappa shape index (κ1) is 16.3. The molecule has 0 unspecified atom stereocenters. The molecule has 0 aliphatic heterocycles. The average Bonchev–Trinajstić information content (AvgIpc) is 3.07. The topological polar surface area (TPSA) is 54.0 Å². The predicted molar refractivity (Wildman–Crippen MR) is 104 cm³/mol. The first-order chi connectivity index (χ1) is 11.6. The van der Waals surface area contributed by atoms with Crippen LogP contribution in [-0.2, 0) is 4.79 Å². The number of nitrogens with one attached hydrogen (secondary N) is 2. The summed E-state index contributed by atoms with van der Waals surface area (Å²) in [6, 6.07) is 13.6. The molecular formula is C18H15N3OS2. The molecule has 3 rings (SSSR count). The van der Waals surface area contributed by atoms with Crippen molar-refractivity contribution in [2.24, 2.45) is 0 Å². The van der Waals surface area contributed by atoms with Crippen molar-refractivity contribution in [1.82, 2.24) is 10.3 Å². The van der Waals surface area contributed by atoms with E-state index in [1.807, 2.05) is 54.8 Å². The van der Waals surface area contributed by atoms with E-state index in [1.54, 1.807) is 17.4 Å². The van der Waals surface area contributed by atoms with E-state index in [0.29, 0.717) is 0 Å². The lowest BCUT2D eigenvalue weighted by Gasteiger charge is -2.10. The summed E-state index contributed by atoms with van der Waals surface area (Å²) < 4.78 is 0. The minimum Gasteiger partial charge on any atom is -0.331 e. The van der Waals surface area contributed by atoms with Gasteiger partial charge in [-0.3, -0.25) is 15.1 Å². The van der Waals surface area contributed by atoms with Crippen molar-refractivity contribution in [2.75, 3.05) is 5.32 Å². The number of pyridine rings is 1. The van der Waals surface area contributed by atoms with Crippen LogP contribution in [0.3, 0.4) is 0 Å². The van der Waals surface area contributed by atoms with Crippen LogP contribution in [0.15, 0.2) is 53.9 Å². The van der Waals surface area contributed by atoms with Gasteiger partial charge in [-0.05, 0) is 48.8 Å². The van der Waals surface area contributed by atoms with Gasteiger partial charge in [-0.2, -0.15) is 0 Å². The van der Waals surface area contributed by atoms with E-state index in [1.165, 1.54) is 6.08 Å². The van der Waals surface area contributed by atoms with Gasteiger partial charge >= 0.3 is 0 Å². The highest BCUT2D eigenvalue weighted by Gasteiger charge is 2.06. The fourth-order valence-electron chi connectivity index (χ4n) is 2.20. The molecule has 6 heteroatoms. The lowest BCUT2D eigenvalue weighted by atomic mass is 10.2. The molecule has 0 aliphatic carbocycles. The summed E-state index contributed by atoms with van der Waals surface area (Å²) in [6.07, 6.45) is 3.22. The Morgan fingerprint density at radius 1 is 1.21 bits per heavy atom. The van der Waals surface area contributed by atoms with Crippen LogP contribution in [0.4, 0.5) is 5.69 Å². The zero-order valence-corrected chi connectivity index (χ0v) is 14.6. The van der Waals surface area contributed by atoms with Gasteiger partial charge in [0.05, 0.1) is 11.2 Å². The van der Waals surface area contributed by atoms with Crippen LogP contribution in [0.2, 0.25) is 0 Å². The van der Waals surface area contributed by atoms with Crippen LogP contribution in [0, 0.1) is 6.92 Å². The summed E-state index contributed by atoms with van der Waals surface area (Å²) in [5.41, 5.74) is 2.51. The van der Waals surface area contributed by atoms with E-state index in [4.69, 9.17) is 12.2 Å². The van der Waals surface area contributed by atoms with Crippen molar-refractivity contribution in [3.8, 4) is 0 Å². The molecule has 0 fully saturated rings. The summed E-state index contributed by atoms with van der Waals surface area (Å²) in [6.45, 7) is 1.94. The number of nitrogens with zero attached hydrogens (tertiary/aromatic N) is 1. The molecule has 2 aromatic heterocycles. The molecule has 0 aliphatic rings. The second-order valence-corrected chi connectivity index (χ2v) is 6.51. The Morgan fingerprint density at radius 2 is 2.08 bits per heavy atom. The lowest BCUT2D eigenvalue weighted by molar-refractivity contribution is -0.115. The van der Waals surface area contributed by atoms with Crippen molar-refractivity contribution < 1.29 is 4.79 Å². The maximum absolute atomic E-state index is 11.9. The first-order valence-corrected chi connectivity index (χ1v) is 8.60. The highest BCUT2D eigenvalue weighted by Crippen LogP contribution is 2.21. The van der Waals surface area contributed by atoms with Gasteiger partial charge in [-0.25, -0.2) is 0 Å². The summed E-state index contributed by atoms with van der Waals surface area (Å²) >= 11 is 6.79. The number of hydrogen-bond donors (Lipinski definition) is 2. The van der Waals surface area contributed by atoms with E-state index in [2.05, 4.69) is 15.6 Å². The van der Waals surface area contributed by atoms with Gasteiger partial charge in [-0.15, -0.1) is 11.3 Å². The lowest BCUT2D eigenvalue weighted by Crippen LogP contribution is -2.32. The maximum Gasteiger partial charge on any atom is 0.250 e. The van der Waals surface area contributed by atoms with E-state index in [9.17, 15) is 4.79 Å². The average molecular weight is 353 g/mol. The SMILES string of the molecule is Cc1ccc2cccc(NC(=S)NC(=O)C=Cc3cccs3)c2n1. The minimum atomic E-state index is -0.273. The Labute approximate surface area is 149 Å². The number of anilines is 1. The monoisotopic (exact) mass is 353 g/mol. The number of thiocarbonyl (C=S) groups is 1. The van der Waals surface area contributed by atoms with Crippen molar-refractivity contribution in [3.63, 3.8) is 0 Å². The molecule has 2 heterocycles. The molecule has 120 valence electrons. The standard InChI is InChI=1S/C18H15N3OS2/c1-12-7-8-13-4-2-6-15(17(13)19-12)20-18(23)21-16(22)10-9-14-5-3-11-24-14/h2-11H,1H3,(H2,20,21,22,23). The van der Waals surface area contributed by atoms with Gasteiger partial charge in [0.25, 0.3) is 0 Å². The number of fused-ring (bicyclic) bond motifs is 1. The van der Waals surface area contributed by atoms with Crippen molar-refractivity contribution in [3.05, 3.63) is 64.5 Å². The normalized spacial score (nSPS) is 10.9. The number of amides is 1. The Hall–Kier alpha value is -2.57. The molecular weight excluding hydrogens is 338 g/mol. The first-order valence-electron chi connectivity index (χ1n) is 7.32. The number of rotatable bonds is 3. The molecule has 2 N–H and O–H groups in total. The molecule has 0 bridgehead atoms. The Kier molecular flexibility index (Phi) is 4.98. The molecule has 24 heavy (non-hydrogen) atoms. The molecule has 0 saturated carbocycles. The second-order valence-electron chi connectivity index (χ2n) is 5.12. The fourth-order valence-corrected chi connectivity index (χ4v) is 3.03. The number of carbonyl (C=O) groups is 1. The van der Waals surface area contributed by atoms with Crippen LogP contribution in [0.5, 0.6) is 0 Å². The van der Waals surface area contributed by atoms with Crippen molar-refractivity contribution >= 4 is 57.2 Å². The molecule has 0 spiro atoms. The van der Waals surface area contributed by atoms with E-state index >= 15 is 0 Å². The van der Waals surface area contributed by atoms with Gasteiger partial charge in [0.2, 0.25) is 5.91 Å². The molecule has 0 saturated heterocycles. The number of aromatic nitrogens is 1. The summed E-state index contributed by atoms with van der Waals surface area (Å²) in [5.74, 6) is -0.273. The quantitative estimate of drug-likeness (QED) is 0.549. The van der Waals surface area contributed by atoms with Gasteiger partial charge in [0, 0.05) is 22.0 Å². The van der Waals surface area contributed by atoms with E-state index < -0.39 is 0 Å². The van der Waals surface area contributed by atoms with Crippen molar-refractivity contribution in [2.45, 2.75) is 6.92 Å². The third kappa shape index (κ3) is 4.04. The maximum atomic E-state index is 11.9. The van der Waals surface area contributed by atoms with Gasteiger partial charge in [-0.1, -0.05) is 24.3 Å². The highest BCUT2D eigenvalue weighted by molar-refractivity contribution is 7.80. The Balaban J connectivity index is 1.69. The third-order valence-electron chi connectivity index (χ3n) is 3.29. The Bertz CT molecular complexity index is 917. The molecule has 1 aromatic carbocycles. The van der Waals surface area contributed by atoms with Gasteiger partial charge < -0.3 is 5.32 Å². The highest BCUT2D eigenvalue weighted by atomic mass is 32.1. The number of para-hydroxylation sites is 1. The summed E-state index contributed by atoms with van der Waals surface area (Å²) in [7, 11) is 0.